The predicted octanol–water partition coefficient (Wildman–Crippen LogP) is 3.81. The Hall–Kier alpha value is -4.86. The Morgan fingerprint density at radius 3 is 2.51 bits per heavy atom. The minimum Gasteiger partial charge on any atom is -0.352 e. The lowest BCUT2D eigenvalue weighted by Crippen LogP contribution is -2.45. The highest BCUT2D eigenvalue weighted by Gasteiger charge is 2.41. The Balaban J connectivity index is 0.000000296. The van der Waals surface area contributed by atoms with Crippen LogP contribution in [0.3, 0.4) is 0 Å². The molecule has 43 heavy (non-hydrogen) atoms. The van der Waals surface area contributed by atoms with Gasteiger partial charge in [-0.1, -0.05) is 11.6 Å². The molecule has 226 valence electrons. The van der Waals surface area contributed by atoms with Crippen LogP contribution in [0.1, 0.15) is 45.1 Å². The zero-order chi connectivity index (χ0) is 31.5. The largest absolute Gasteiger partial charge is 0.416 e. The number of carbonyl (C=O) groups excluding carboxylic acids is 3. The number of halogens is 6. The SMILES string of the molecule is CNC(=O)c1nc(NC=O)c2n1C(Cn1cncn1)C(=O)N[C@H]2c1cc(F)ccc1Cl.Cc1cc(F)cc(C(F)(F)F)c1. The van der Waals surface area contributed by atoms with Crippen LogP contribution in [0.2, 0.25) is 5.02 Å². The number of nitrogens with one attached hydrogen (secondary N) is 3. The minimum absolute atomic E-state index is 0.0301. The zero-order valence-corrected chi connectivity index (χ0v) is 23.0. The average Bonchev–Trinajstić information content (AvgIpc) is 3.59. The number of alkyl halides is 3. The van der Waals surface area contributed by atoms with E-state index in [4.69, 9.17) is 11.6 Å². The van der Waals surface area contributed by atoms with Gasteiger partial charge in [0.05, 0.1) is 23.8 Å². The first-order chi connectivity index (χ1) is 20.3. The number of hydrogen-bond acceptors (Lipinski definition) is 6. The number of imidazole rings is 1. The lowest BCUT2D eigenvalue weighted by molar-refractivity contribution is -0.137. The molecule has 0 aliphatic carbocycles. The first-order valence-corrected chi connectivity index (χ1v) is 12.7. The summed E-state index contributed by atoms with van der Waals surface area (Å²) in [5.41, 5.74) is -0.169. The van der Waals surface area contributed by atoms with Crippen LogP contribution in [0.5, 0.6) is 0 Å². The first kappa shape index (κ1) is 31.1. The summed E-state index contributed by atoms with van der Waals surface area (Å²) in [5, 5.41) is 11.9. The highest BCUT2D eigenvalue weighted by molar-refractivity contribution is 6.31. The second kappa shape index (κ2) is 12.6. The predicted molar refractivity (Wildman–Crippen MR) is 142 cm³/mol. The smallest absolute Gasteiger partial charge is 0.352 e. The van der Waals surface area contributed by atoms with Gasteiger partial charge in [-0.05, 0) is 48.9 Å². The number of fused-ring (bicyclic) bond motifs is 1. The number of anilines is 1. The van der Waals surface area contributed by atoms with Crippen molar-refractivity contribution in [1.29, 1.82) is 0 Å². The molecule has 0 radical (unpaired) electrons. The molecule has 17 heteroatoms. The summed E-state index contributed by atoms with van der Waals surface area (Å²) >= 11 is 6.28. The molecular weight excluding hydrogens is 603 g/mol. The van der Waals surface area contributed by atoms with Crippen molar-refractivity contribution in [2.45, 2.75) is 31.7 Å². The summed E-state index contributed by atoms with van der Waals surface area (Å²) in [6.45, 7) is 1.45. The number of nitrogens with zero attached hydrogens (tertiary/aromatic N) is 5. The second-order valence-corrected chi connectivity index (χ2v) is 9.54. The summed E-state index contributed by atoms with van der Waals surface area (Å²) in [4.78, 5) is 45.0. The van der Waals surface area contributed by atoms with Gasteiger partial charge in [0.2, 0.25) is 18.1 Å². The van der Waals surface area contributed by atoms with Gasteiger partial charge in [0.15, 0.2) is 5.82 Å². The molecule has 3 N–H and O–H groups in total. The molecule has 3 amide bonds. The molecule has 5 rings (SSSR count). The maximum atomic E-state index is 14.0. The third kappa shape index (κ3) is 6.80. The number of hydrogen-bond donors (Lipinski definition) is 3. The van der Waals surface area contributed by atoms with Gasteiger partial charge in [-0.2, -0.15) is 18.3 Å². The van der Waals surface area contributed by atoms with Crippen LogP contribution in [-0.2, 0) is 22.3 Å². The van der Waals surface area contributed by atoms with E-state index in [1.165, 1.54) is 54.1 Å². The average molecular weight is 625 g/mol. The fourth-order valence-corrected chi connectivity index (χ4v) is 4.65. The normalized spacial score (nSPS) is 16.0. The number of aryl methyl sites for hydroxylation is 1. The summed E-state index contributed by atoms with van der Waals surface area (Å²) in [5.74, 6) is -2.57. The van der Waals surface area contributed by atoms with Crippen molar-refractivity contribution in [1.82, 2.24) is 34.9 Å². The molecule has 3 heterocycles. The van der Waals surface area contributed by atoms with E-state index in [0.29, 0.717) is 12.5 Å². The van der Waals surface area contributed by atoms with E-state index in [1.54, 1.807) is 0 Å². The summed E-state index contributed by atoms with van der Waals surface area (Å²) in [6.07, 6.45) is -1.34. The maximum absolute atomic E-state index is 14.0. The molecular formula is C26H22ClF5N8O3. The zero-order valence-electron chi connectivity index (χ0n) is 22.3. The standard InChI is InChI=1S/C18H16ClFN8O3.C8H6F4/c1-21-18(31)16-26-15(23-8-29)14-13(10-4-9(20)2-3-11(10)19)25-17(30)12(28(14)16)5-27-7-22-6-24-27;1-5-2-6(8(10,11)12)4-7(9)3-5/h2-4,6-8,12-13H,5H2,1H3,(H,21,31)(H,23,29)(H,25,30);2-4H,1H3/t12?,13-;/m0./s1. The fourth-order valence-electron chi connectivity index (χ4n) is 4.42. The lowest BCUT2D eigenvalue weighted by Gasteiger charge is -2.33. The van der Waals surface area contributed by atoms with Crippen LogP contribution in [-0.4, -0.2) is 49.6 Å². The molecule has 1 aliphatic heterocycles. The van der Waals surface area contributed by atoms with Gasteiger partial charge in [0.1, 0.15) is 30.3 Å². The molecule has 0 fully saturated rings. The van der Waals surface area contributed by atoms with Gasteiger partial charge in [-0.15, -0.1) is 0 Å². The van der Waals surface area contributed by atoms with Gasteiger partial charge in [-0.25, -0.2) is 18.7 Å². The van der Waals surface area contributed by atoms with Crippen LogP contribution >= 0.6 is 11.6 Å². The van der Waals surface area contributed by atoms with Crippen LogP contribution in [0.4, 0.5) is 27.8 Å². The van der Waals surface area contributed by atoms with Crippen molar-refractivity contribution >= 4 is 35.6 Å². The summed E-state index contributed by atoms with van der Waals surface area (Å²) in [7, 11) is 1.41. The fraction of sp³-hybridized carbons (Fsp3) is 0.231. The van der Waals surface area contributed by atoms with Crippen LogP contribution in [0.25, 0.3) is 0 Å². The van der Waals surface area contributed by atoms with E-state index in [9.17, 15) is 36.3 Å². The van der Waals surface area contributed by atoms with E-state index in [1.807, 2.05) is 0 Å². The quantitative estimate of drug-likeness (QED) is 0.221. The molecule has 2 aromatic heterocycles. The van der Waals surface area contributed by atoms with Gasteiger partial charge < -0.3 is 20.5 Å². The molecule has 1 aliphatic rings. The van der Waals surface area contributed by atoms with Crippen LogP contribution in [0, 0.1) is 18.6 Å². The van der Waals surface area contributed by atoms with Gasteiger partial charge in [0, 0.05) is 17.6 Å². The molecule has 2 aromatic carbocycles. The molecule has 4 aromatic rings. The first-order valence-electron chi connectivity index (χ1n) is 12.3. The number of benzene rings is 2. The van der Waals surface area contributed by atoms with Crippen molar-refractivity contribution < 1.29 is 36.3 Å². The van der Waals surface area contributed by atoms with E-state index < -0.39 is 47.3 Å². The molecule has 11 nitrogen and oxygen atoms in total. The number of aromatic nitrogens is 5. The molecule has 1 unspecified atom stereocenters. The molecule has 0 saturated carbocycles. The molecule has 0 spiro atoms. The number of rotatable bonds is 6. The highest BCUT2D eigenvalue weighted by Crippen LogP contribution is 2.39. The molecule has 0 saturated heterocycles. The Morgan fingerprint density at radius 2 is 1.91 bits per heavy atom. The Labute approximate surface area is 245 Å². The van der Waals surface area contributed by atoms with Gasteiger partial charge in [0.25, 0.3) is 5.91 Å². The van der Waals surface area contributed by atoms with Crippen LogP contribution < -0.4 is 16.0 Å². The number of carbonyl (C=O) groups is 3. The monoisotopic (exact) mass is 624 g/mol. The highest BCUT2D eigenvalue weighted by atomic mass is 35.5. The van der Waals surface area contributed by atoms with E-state index >= 15 is 0 Å². The Morgan fingerprint density at radius 1 is 1.16 bits per heavy atom. The maximum Gasteiger partial charge on any atom is 0.416 e. The van der Waals surface area contributed by atoms with Crippen molar-refractivity contribution in [3.05, 3.63) is 93.9 Å². The Bertz CT molecular complexity index is 1640. The second-order valence-electron chi connectivity index (χ2n) is 9.14. The summed E-state index contributed by atoms with van der Waals surface area (Å²) < 4.78 is 65.2. The van der Waals surface area contributed by atoms with Crippen molar-refractivity contribution in [3.63, 3.8) is 0 Å². The van der Waals surface area contributed by atoms with Gasteiger partial charge in [-0.3, -0.25) is 19.1 Å². The molecule has 2 atom stereocenters. The summed E-state index contributed by atoms with van der Waals surface area (Å²) in [6, 6.07) is 4.21. The Kier molecular flexibility index (Phi) is 9.08. The van der Waals surface area contributed by atoms with Crippen molar-refractivity contribution in [2.75, 3.05) is 12.4 Å². The lowest BCUT2D eigenvalue weighted by atomic mass is 9.99. The topological polar surface area (TPSA) is 136 Å². The third-order valence-corrected chi connectivity index (χ3v) is 6.56. The van der Waals surface area contributed by atoms with Gasteiger partial charge >= 0.3 is 6.18 Å². The molecule has 0 bridgehead atoms. The van der Waals surface area contributed by atoms with Crippen molar-refractivity contribution in [2.24, 2.45) is 0 Å². The van der Waals surface area contributed by atoms with Crippen LogP contribution in [0.15, 0.2) is 49.1 Å². The van der Waals surface area contributed by atoms with E-state index in [0.717, 1.165) is 12.1 Å². The van der Waals surface area contributed by atoms with E-state index in [2.05, 4.69) is 31.0 Å². The van der Waals surface area contributed by atoms with Crippen molar-refractivity contribution in [3.8, 4) is 0 Å². The minimum atomic E-state index is -4.47. The third-order valence-electron chi connectivity index (χ3n) is 6.21. The number of amides is 3. The van der Waals surface area contributed by atoms with E-state index in [-0.39, 0.29) is 40.0 Å².